The molecule has 0 unspecified atom stereocenters. The average molecular weight is 291 g/mol. The Balaban J connectivity index is 2.94. The molecule has 0 aliphatic heterocycles. The van der Waals surface area contributed by atoms with Crippen molar-refractivity contribution in [2.24, 2.45) is 0 Å². The van der Waals surface area contributed by atoms with E-state index in [0.29, 0.717) is 0 Å². The van der Waals surface area contributed by atoms with Gasteiger partial charge < -0.3 is 0 Å². The Bertz CT molecular complexity index is 435. The summed E-state index contributed by atoms with van der Waals surface area (Å²) in [7, 11) is 0. The average Bonchev–Trinajstić information content (AvgIpc) is 2.48. The van der Waals surface area contributed by atoms with Crippen LogP contribution >= 0.6 is 31.9 Å². The van der Waals surface area contributed by atoms with E-state index < -0.39 is 0 Å². The van der Waals surface area contributed by atoms with Crippen LogP contribution in [0, 0.1) is 6.92 Å². The van der Waals surface area contributed by atoms with Crippen LogP contribution in [-0.2, 0) is 0 Å². The molecule has 0 fully saturated rings. The van der Waals surface area contributed by atoms with Crippen molar-refractivity contribution in [2.75, 3.05) is 0 Å². The van der Waals surface area contributed by atoms with Crippen LogP contribution in [0.5, 0.6) is 0 Å². The number of halogens is 2. The fraction of sp³-hybridized carbons (Fsp3) is 0.143. The number of fused-ring (bicyclic) bond motifs is 1. The molecule has 5 heteroatoms. The van der Waals surface area contributed by atoms with Gasteiger partial charge in [-0.15, -0.1) is 0 Å². The SMILES string of the molecule is Cc1c(Br)cn2ncnc2c1Br. The molecule has 0 atom stereocenters. The summed E-state index contributed by atoms with van der Waals surface area (Å²) in [4.78, 5) is 4.10. The van der Waals surface area contributed by atoms with Gasteiger partial charge >= 0.3 is 0 Å². The lowest BCUT2D eigenvalue weighted by molar-refractivity contribution is 0.948. The first kappa shape index (κ1) is 8.19. The Labute approximate surface area is 86.1 Å². The van der Waals surface area contributed by atoms with Gasteiger partial charge in [0, 0.05) is 10.7 Å². The van der Waals surface area contributed by atoms with Crippen molar-refractivity contribution in [1.29, 1.82) is 0 Å². The Morgan fingerprint density at radius 2 is 2.17 bits per heavy atom. The van der Waals surface area contributed by atoms with Gasteiger partial charge in [-0.05, 0) is 44.3 Å². The number of nitrogens with zero attached hydrogens (tertiary/aromatic N) is 3. The Kier molecular flexibility index (Phi) is 1.92. The van der Waals surface area contributed by atoms with Gasteiger partial charge in [-0.1, -0.05) is 0 Å². The first-order valence-electron chi connectivity index (χ1n) is 3.34. The third-order valence-electron chi connectivity index (χ3n) is 1.69. The molecule has 0 bridgehead atoms. The van der Waals surface area contributed by atoms with Gasteiger partial charge in [-0.2, -0.15) is 5.10 Å². The van der Waals surface area contributed by atoms with Gasteiger partial charge in [0.05, 0.1) is 4.47 Å². The van der Waals surface area contributed by atoms with Gasteiger partial charge in [0.25, 0.3) is 0 Å². The van der Waals surface area contributed by atoms with Crippen LogP contribution in [0.4, 0.5) is 0 Å². The van der Waals surface area contributed by atoms with E-state index >= 15 is 0 Å². The molecule has 2 heterocycles. The maximum Gasteiger partial charge on any atom is 0.169 e. The second-order valence-corrected chi connectivity index (χ2v) is 4.09. The minimum Gasteiger partial charge on any atom is -0.219 e. The number of rotatable bonds is 0. The summed E-state index contributed by atoms with van der Waals surface area (Å²) in [5.41, 5.74) is 1.98. The minimum atomic E-state index is 0.843. The third-order valence-corrected chi connectivity index (χ3v) is 3.44. The van der Waals surface area contributed by atoms with E-state index in [0.717, 1.165) is 20.2 Å². The lowest BCUT2D eigenvalue weighted by Crippen LogP contribution is -1.91. The summed E-state index contributed by atoms with van der Waals surface area (Å²) >= 11 is 6.89. The van der Waals surface area contributed by atoms with Crippen molar-refractivity contribution in [3.05, 3.63) is 27.0 Å². The second kappa shape index (κ2) is 2.81. The molecule has 0 aromatic carbocycles. The largest absolute Gasteiger partial charge is 0.219 e. The van der Waals surface area contributed by atoms with Gasteiger partial charge in [0.1, 0.15) is 6.33 Å². The first-order valence-corrected chi connectivity index (χ1v) is 4.92. The van der Waals surface area contributed by atoms with E-state index in [-0.39, 0.29) is 0 Å². The van der Waals surface area contributed by atoms with E-state index in [2.05, 4.69) is 41.9 Å². The molecule has 62 valence electrons. The molecule has 0 aliphatic rings. The third kappa shape index (κ3) is 1.08. The lowest BCUT2D eigenvalue weighted by atomic mass is 10.3. The molecule has 2 aromatic heterocycles. The maximum atomic E-state index is 4.10. The van der Waals surface area contributed by atoms with E-state index in [1.165, 1.54) is 6.33 Å². The summed E-state index contributed by atoms with van der Waals surface area (Å²) in [5, 5.41) is 4.03. The van der Waals surface area contributed by atoms with E-state index in [9.17, 15) is 0 Å². The Morgan fingerprint density at radius 1 is 1.42 bits per heavy atom. The van der Waals surface area contributed by atoms with Crippen LogP contribution in [0.15, 0.2) is 21.5 Å². The molecule has 2 aromatic rings. The van der Waals surface area contributed by atoms with Crippen molar-refractivity contribution in [2.45, 2.75) is 6.92 Å². The van der Waals surface area contributed by atoms with Gasteiger partial charge in [0.2, 0.25) is 0 Å². The molecular formula is C7H5Br2N3. The maximum absolute atomic E-state index is 4.10. The zero-order valence-corrected chi connectivity index (χ0v) is 9.42. The molecule has 0 amide bonds. The van der Waals surface area contributed by atoms with E-state index in [4.69, 9.17) is 0 Å². The molecule has 0 N–H and O–H groups in total. The smallest absolute Gasteiger partial charge is 0.169 e. The Hall–Kier alpha value is -0.420. The summed E-state index contributed by atoms with van der Waals surface area (Å²) in [6, 6.07) is 0. The molecule has 0 saturated heterocycles. The number of aromatic nitrogens is 3. The molecule has 12 heavy (non-hydrogen) atoms. The van der Waals surface area contributed by atoms with Crippen LogP contribution in [0.1, 0.15) is 5.56 Å². The molecule has 0 aliphatic carbocycles. The van der Waals surface area contributed by atoms with Crippen LogP contribution in [0.2, 0.25) is 0 Å². The second-order valence-electron chi connectivity index (χ2n) is 2.44. The zero-order chi connectivity index (χ0) is 8.72. The van der Waals surface area contributed by atoms with Crippen LogP contribution in [-0.4, -0.2) is 14.6 Å². The molecule has 2 rings (SSSR count). The highest BCUT2D eigenvalue weighted by molar-refractivity contribution is 9.11. The molecular weight excluding hydrogens is 286 g/mol. The van der Waals surface area contributed by atoms with Crippen LogP contribution in [0.25, 0.3) is 5.65 Å². The topological polar surface area (TPSA) is 30.2 Å². The van der Waals surface area contributed by atoms with Gasteiger partial charge in [-0.25, -0.2) is 9.50 Å². The van der Waals surface area contributed by atoms with E-state index in [1.54, 1.807) is 4.52 Å². The molecule has 0 radical (unpaired) electrons. The predicted octanol–water partition coefficient (Wildman–Crippen LogP) is 2.56. The first-order chi connectivity index (χ1) is 5.70. The minimum absolute atomic E-state index is 0.843. The highest BCUT2D eigenvalue weighted by Crippen LogP contribution is 2.26. The quantitative estimate of drug-likeness (QED) is 0.746. The zero-order valence-electron chi connectivity index (χ0n) is 6.25. The predicted molar refractivity (Wildman–Crippen MR) is 53.1 cm³/mol. The van der Waals surface area contributed by atoms with E-state index in [1.807, 2.05) is 13.1 Å². The van der Waals surface area contributed by atoms with Gasteiger partial charge in [0.15, 0.2) is 5.65 Å². The fourth-order valence-electron chi connectivity index (χ4n) is 0.978. The number of hydrogen-bond acceptors (Lipinski definition) is 2. The Morgan fingerprint density at radius 3 is 2.92 bits per heavy atom. The summed E-state index contributed by atoms with van der Waals surface area (Å²) in [6.07, 6.45) is 3.42. The van der Waals surface area contributed by atoms with Crippen molar-refractivity contribution in [3.63, 3.8) is 0 Å². The number of hydrogen-bond donors (Lipinski definition) is 0. The van der Waals surface area contributed by atoms with Crippen LogP contribution < -0.4 is 0 Å². The van der Waals surface area contributed by atoms with Crippen molar-refractivity contribution in [1.82, 2.24) is 14.6 Å². The summed E-state index contributed by atoms with van der Waals surface area (Å²) < 4.78 is 3.72. The summed E-state index contributed by atoms with van der Waals surface area (Å²) in [5.74, 6) is 0. The highest BCUT2D eigenvalue weighted by atomic mass is 79.9. The number of pyridine rings is 1. The normalized spacial score (nSPS) is 10.9. The molecule has 0 saturated carbocycles. The van der Waals surface area contributed by atoms with Crippen molar-refractivity contribution in [3.8, 4) is 0 Å². The lowest BCUT2D eigenvalue weighted by Gasteiger charge is -2.01. The van der Waals surface area contributed by atoms with Crippen molar-refractivity contribution < 1.29 is 0 Å². The highest BCUT2D eigenvalue weighted by Gasteiger charge is 2.07. The standard InChI is InChI=1S/C7H5Br2N3/c1-4-5(8)2-12-7(6(4)9)10-3-11-12/h2-3H,1H3. The summed E-state index contributed by atoms with van der Waals surface area (Å²) in [6.45, 7) is 2.02. The monoisotopic (exact) mass is 289 g/mol. The van der Waals surface area contributed by atoms with Crippen molar-refractivity contribution >= 4 is 37.5 Å². The van der Waals surface area contributed by atoms with Crippen LogP contribution in [0.3, 0.4) is 0 Å². The van der Waals surface area contributed by atoms with Gasteiger partial charge in [-0.3, -0.25) is 0 Å². The molecule has 0 spiro atoms. The fourth-order valence-corrected chi connectivity index (χ4v) is 2.13. The molecule has 3 nitrogen and oxygen atoms in total.